The van der Waals surface area contributed by atoms with Crippen LogP contribution in [0.25, 0.3) is 0 Å². The van der Waals surface area contributed by atoms with Crippen LogP contribution in [0.1, 0.15) is 44.7 Å². The van der Waals surface area contributed by atoms with Gasteiger partial charge in [-0.1, -0.05) is 45.0 Å². The number of esters is 1. The van der Waals surface area contributed by atoms with Gasteiger partial charge < -0.3 is 10.5 Å². The molecule has 0 aliphatic heterocycles. The zero-order valence-corrected chi connectivity index (χ0v) is 12.5. The molecular formula is C16H25NO2. The summed E-state index contributed by atoms with van der Waals surface area (Å²) in [4.78, 5) is 11.9. The SMILES string of the molecule is Cc1ccccc1[C@@H](C)[C@H](C)OC(=O)[C@@H](N)C(C)C. The molecule has 0 amide bonds. The predicted octanol–water partition coefficient (Wildman–Crippen LogP) is 3.01. The maximum absolute atomic E-state index is 11.9. The first-order valence-electron chi connectivity index (χ1n) is 6.86. The topological polar surface area (TPSA) is 52.3 Å². The zero-order chi connectivity index (χ0) is 14.6. The second-order valence-corrected chi connectivity index (χ2v) is 5.56. The summed E-state index contributed by atoms with van der Waals surface area (Å²) >= 11 is 0. The Morgan fingerprint density at radius 2 is 1.74 bits per heavy atom. The molecule has 3 nitrogen and oxygen atoms in total. The Bertz CT molecular complexity index is 429. The van der Waals surface area contributed by atoms with Crippen LogP contribution in [-0.2, 0) is 9.53 Å². The van der Waals surface area contributed by atoms with Crippen molar-refractivity contribution in [3.05, 3.63) is 35.4 Å². The van der Waals surface area contributed by atoms with E-state index < -0.39 is 6.04 Å². The fourth-order valence-corrected chi connectivity index (χ4v) is 1.99. The lowest BCUT2D eigenvalue weighted by Gasteiger charge is -2.24. The van der Waals surface area contributed by atoms with Gasteiger partial charge >= 0.3 is 5.97 Å². The van der Waals surface area contributed by atoms with Gasteiger partial charge in [0.2, 0.25) is 0 Å². The molecule has 0 fully saturated rings. The van der Waals surface area contributed by atoms with Crippen LogP contribution in [0.15, 0.2) is 24.3 Å². The van der Waals surface area contributed by atoms with Crippen LogP contribution in [0.3, 0.4) is 0 Å². The van der Waals surface area contributed by atoms with Crippen molar-refractivity contribution >= 4 is 5.97 Å². The molecule has 3 heteroatoms. The number of hydrogen-bond donors (Lipinski definition) is 1. The van der Waals surface area contributed by atoms with Crippen LogP contribution in [0.4, 0.5) is 0 Å². The molecule has 1 rings (SSSR count). The first kappa shape index (κ1) is 15.7. The third kappa shape index (κ3) is 4.06. The Labute approximate surface area is 116 Å². The van der Waals surface area contributed by atoms with Crippen LogP contribution >= 0.6 is 0 Å². The number of carbonyl (C=O) groups is 1. The molecule has 0 heterocycles. The first-order chi connectivity index (χ1) is 8.84. The maximum atomic E-state index is 11.9. The molecule has 0 aliphatic carbocycles. The second-order valence-electron chi connectivity index (χ2n) is 5.56. The fourth-order valence-electron chi connectivity index (χ4n) is 1.99. The maximum Gasteiger partial charge on any atom is 0.323 e. The molecule has 2 N–H and O–H groups in total. The summed E-state index contributed by atoms with van der Waals surface area (Å²) in [7, 11) is 0. The quantitative estimate of drug-likeness (QED) is 0.831. The summed E-state index contributed by atoms with van der Waals surface area (Å²) in [6, 6.07) is 7.61. The molecule has 0 radical (unpaired) electrons. The Balaban J connectivity index is 2.71. The van der Waals surface area contributed by atoms with Crippen LogP contribution in [0.2, 0.25) is 0 Å². The van der Waals surface area contributed by atoms with Crippen LogP contribution in [0.5, 0.6) is 0 Å². The number of benzene rings is 1. The highest BCUT2D eigenvalue weighted by atomic mass is 16.5. The van der Waals surface area contributed by atoms with Crippen LogP contribution in [0, 0.1) is 12.8 Å². The lowest BCUT2D eigenvalue weighted by atomic mass is 9.92. The standard InChI is InChI=1S/C16H25NO2/c1-10(2)15(17)16(18)19-13(5)12(4)14-9-7-6-8-11(14)3/h6-10,12-13,15H,17H2,1-5H3/t12-,13-,15-/m0/s1. The van der Waals surface area contributed by atoms with E-state index in [4.69, 9.17) is 10.5 Å². The average Bonchev–Trinajstić information content (AvgIpc) is 2.37. The van der Waals surface area contributed by atoms with E-state index in [2.05, 4.69) is 26.0 Å². The van der Waals surface area contributed by atoms with Crippen molar-refractivity contribution < 1.29 is 9.53 Å². The minimum absolute atomic E-state index is 0.0912. The highest BCUT2D eigenvalue weighted by molar-refractivity contribution is 5.76. The van der Waals surface area contributed by atoms with Crippen molar-refractivity contribution in [1.82, 2.24) is 0 Å². The normalized spacial score (nSPS) is 15.9. The van der Waals surface area contributed by atoms with Crippen LogP contribution in [-0.4, -0.2) is 18.1 Å². The fraction of sp³-hybridized carbons (Fsp3) is 0.562. The van der Waals surface area contributed by atoms with Gasteiger partial charge in [-0.3, -0.25) is 4.79 Å². The van der Waals surface area contributed by atoms with E-state index in [1.807, 2.05) is 32.9 Å². The second kappa shape index (κ2) is 6.71. The molecule has 1 aromatic rings. The van der Waals surface area contributed by atoms with Gasteiger partial charge in [-0.05, 0) is 30.9 Å². The van der Waals surface area contributed by atoms with Crippen molar-refractivity contribution in [2.75, 3.05) is 0 Å². The van der Waals surface area contributed by atoms with Gasteiger partial charge in [0.25, 0.3) is 0 Å². The van der Waals surface area contributed by atoms with E-state index >= 15 is 0 Å². The Hall–Kier alpha value is -1.35. The number of carbonyl (C=O) groups excluding carboxylic acids is 1. The highest BCUT2D eigenvalue weighted by Gasteiger charge is 2.24. The summed E-state index contributed by atoms with van der Waals surface area (Å²) in [5.41, 5.74) is 8.23. The summed E-state index contributed by atoms with van der Waals surface area (Å²) in [5, 5.41) is 0. The third-order valence-electron chi connectivity index (χ3n) is 3.68. The first-order valence-corrected chi connectivity index (χ1v) is 6.86. The molecular weight excluding hydrogens is 238 g/mol. The molecule has 0 saturated heterocycles. The number of hydrogen-bond acceptors (Lipinski definition) is 3. The largest absolute Gasteiger partial charge is 0.461 e. The van der Waals surface area contributed by atoms with Crippen molar-refractivity contribution in [1.29, 1.82) is 0 Å². The summed E-state index contributed by atoms with van der Waals surface area (Å²) in [6.45, 7) is 9.90. The molecule has 0 unspecified atom stereocenters. The van der Waals surface area contributed by atoms with E-state index in [1.54, 1.807) is 0 Å². The Kier molecular flexibility index (Phi) is 5.55. The number of nitrogens with two attached hydrogens (primary N) is 1. The minimum atomic E-state index is -0.550. The van der Waals surface area contributed by atoms with E-state index in [-0.39, 0.29) is 23.9 Å². The Morgan fingerprint density at radius 3 is 2.26 bits per heavy atom. The molecule has 0 saturated carbocycles. The number of ether oxygens (including phenoxy) is 1. The molecule has 0 spiro atoms. The Morgan fingerprint density at radius 1 is 1.16 bits per heavy atom. The monoisotopic (exact) mass is 263 g/mol. The molecule has 19 heavy (non-hydrogen) atoms. The van der Waals surface area contributed by atoms with Gasteiger partial charge in [0.05, 0.1) is 0 Å². The number of aryl methyl sites for hydroxylation is 1. The predicted molar refractivity (Wildman–Crippen MR) is 78.0 cm³/mol. The van der Waals surface area contributed by atoms with Crippen molar-refractivity contribution in [3.63, 3.8) is 0 Å². The van der Waals surface area contributed by atoms with Crippen molar-refractivity contribution in [2.24, 2.45) is 11.7 Å². The van der Waals surface area contributed by atoms with E-state index in [0.717, 1.165) is 0 Å². The van der Waals surface area contributed by atoms with Crippen molar-refractivity contribution in [2.45, 2.75) is 52.7 Å². The molecule has 0 aliphatic rings. The zero-order valence-electron chi connectivity index (χ0n) is 12.5. The third-order valence-corrected chi connectivity index (χ3v) is 3.68. The highest BCUT2D eigenvalue weighted by Crippen LogP contribution is 2.24. The number of rotatable bonds is 5. The summed E-state index contributed by atoms with van der Waals surface area (Å²) < 4.78 is 5.48. The minimum Gasteiger partial charge on any atom is -0.461 e. The molecule has 3 atom stereocenters. The molecule has 0 bridgehead atoms. The van der Waals surface area contributed by atoms with Crippen LogP contribution < -0.4 is 5.73 Å². The van der Waals surface area contributed by atoms with E-state index in [0.29, 0.717) is 0 Å². The molecule has 106 valence electrons. The average molecular weight is 263 g/mol. The summed E-state index contributed by atoms with van der Waals surface area (Å²) in [6.07, 6.45) is -0.182. The van der Waals surface area contributed by atoms with Gasteiger partial charge in [0.1, 0.15) is 12.1 Å². The molecule has 1 aromatic carbocycles. The van der Waals surface area contributed by atoms with Gasteiger partial charge in [-0.2, -0.15) is 0 Å². The smallest absolute Gasteiger partial charge is 0.323 e. The van der Waals surface area contributed by atoms with Gasteiger partial charge in [0, 0.05) is 5.92 Å². The lowest BCUT2D eigenvalue weighted by molar-refractivity contribution is -0.151. The van der Waals surface area contributed by atoms with E-state index in [9.17, 15) is 4.79 Å². The van der Waals surface area contributed by atoms with Gasteiger partial charge in [-0.25, -0.2) is 0 Å². The summed E-state index contributed by atoms with van der Waals surface area (Å²) in [5.74, 6) is -0.0686. The van der Waals surface area contributed by atoms with Crippen molar-refractivity contribution in [3.8, 4) is 0 Å². The van der Waals surface area contributed by atoms with Gasteiger partial charge in [-0.15, -0.1) is 0 Å². The van der Waals surface area contributed by atoms with E-state index in [1.165, 1.54) is 11.1 Å². The molecule has 0 aromatic heterocycles. The van der Waals surface area contributed by atoms with Gasteiger partial charge in [0.15, 0.2) is 0 Å². The lowest BCUT2D eigenvalue weighted by Crippen LogP contribution is -2.39.